The van der Waals surface area contributed by atoms with E-state index >= 15 is 0 Å². The number of pyridine rings is 1. The van der Waals surface area contributed by atoms with E-state index in [4.69, 9.17) is 21.3 Å². The largest absolute Gasteiger partial charge is 0.497 e. The van der Waals surface area contributed by atoms with Crippen molar-refractivity contribution in [3.63, 3.8) is 0 Å². The van der Waals surface area contributed by atoms with Crippen molar-refractivity contribution in [2.45, 2.75) is 19.9 Å². The Morgan fingerprint density at radius 1 is 1.13 bits per heavy atom. The van der Waals surface area contributed by atoms with E-state index in [0.717, 1.165) is 32.7 Å². The molecule has 7 heteroatoms. The Morgan fingerprint density at radius 3 is 2.63 bits per heavy atom. The van der Waals surface area contributed by atoms with Crippen LogP contribution < -0.4 is 9.64 Å². The molecule has 0 spiro atoms. The van der Waals surface area contributed by atoms with Gasteiger partial charge in [0.15, 0.2) is 5.13 Å². The number of benzene rings is 2. The summed E-state index contributed by atoms with van der Waals surface area (Å²) in [6.07, 6.45) is 3.75. The molecule has 2 aromatic heterocycles. The monoisotopic (exact) mass is 437 g/mol. The number of fused-ring (bicyclic) bond motifs is 1. The van der Waals surface area contributed by atoms with Crippen LogP contribution in [0.25, 0.3) is 10.2 Å². The minimum absolute atomic E-state index is 0.0353. The summed E-state index contributed by atoms with van der Waals surface area (Å²) in [4.78, 5) is 24.0. The molecule has 2 aromatic carbocycles. The van der Waals surface area contributed by atoms with E-state index in [0.29, 0.717) is 16.7 Å². The van der Waals surface area contributed by atoms with Gasteiger partial charge in [-0.3, -0.25) is 14.7 Å². The number of hydrogen-bond acceptors (Lipinski definition) is 5. The molecule has 4 aromatic rings. The van der Waals surface area contributed by atoms with Crippen LogP contribution in [0.4, 0.5) is 5.13 Å². The van der Waals surface area contributed by atoms with E-state index < -0.39 is 0 Å². The van der Waals surface area contributed by atoms with Crippen molar-refractivity contribution in [2.24, 2.45) is 0 Å². The van der Waals surface area contributed by atoms with Gasteiger partial charge in [0, 0.05) is 17.4 Å². The van der Waals surface area contributed by atoms with Crippen molar-refractivity contribution >= 4 is 44.2 Å². The standard InChI is InChI=1S/C23H20ClN3O2S/c1-15-19(24)9-10-20-22(15)26-23(30-20)27(14-17-4-3-11-25-13-17)21(28)12-16-5-7-18(29-2)8-6-16/h3-11,13H,12,14H2,1-2H3. The van der Waals surface area contributed by atoms with Crippen molar-refractivity contribution in [2.75, 3.05) is 12.0 Å². The molecule has 4 rings (SSSR count). The van der Waals surface area contributed by atoms with Crippen molar-refractivity contribution in [3.8, 4) is 5.75 Å². The average molecular weight is 438 g/mol. The lowest BCUT2D eigenvalue weighted by molar-refractivity contribution is -0.118. The number of carbonyl (C=O) groups is 1. The highest BCUT2D eigenvalue weighted by atomic mass is 35.5. The first kappa shape index (κ1) is 20.3. The van der Waals surface area contributed by atoms with E-state index in [1.54, 1.807) is 24.4 Å². The molecule has 5 nitrogen and oxygen atoms in total. The third-order valence-corrected chi connectivity index (χ3v) is 6.30. The summed E-state index contributed by atoms with van der Waals surface area (Å²) < 4.78 is 6.20. The molecule has 0 atom stereocenters. The molecule has 152 valence electrons. The molecule has 30 heavy (non-hydrogen) atoms. The number of halogens is 1. The molecule has 0 aliphatic rings. The van der Waals surface area contributed by atoms with Crippen LogP contribution in [0.15, 0.2) is 60.9 Å². The second-order valence-electron chi connectivity index (χ2n) is 6.88. The zero-order valence-electron chi connectivity index (χ0n) is 16.6. The Morgan fingerprint density at radius 2 is 1.93 bits per heavy atom. The molecule has 0 saturated carbocycles. The van der Waals surface area contributed by atoms with Gasteiger partial charge in [-0.1, -0.05) is 41.1 Å². The van der Waals surface area contributed by atoms with Crippen molar-refractivity contribution < 1.29 is 9.53 Å². The molecule has 0 aliphatic carbocycles. The Balaban J connectivity index is 1.68. The molecular formula is C23H20ClN3O2S. The predicted molar refractivity (Wildman–Crippen MR) is 121 cm³/mol. The minimum atomic E-state index is -0.0353. The van der Waals surface area contributed by atoms with E-state index in [9.17, 15) is 4.79 Å². The van der Waals surface area contributed by atoms with Crippen LogP contribution in [0.1, 0.15) is 16.7 Å². The number of rotatable bonds is 6. The lowest BCUT2D eigenvalue weighted by Crippen LogP contribution is -2.31. The van der Waals surface area contributed by atoms with Crippen LogP contribution in [-0.4, -0.2) is 23.0 Å². The highest BCUT2D eigenvalue weighted by Gasteiger charge is 2.21. The summed E-state index contributed by atoms with van der Waals surface area (Å²) in [6, 6.07) is 15.2. The molecule has 0 fully saturated rings. The number of anilines is 1. The Kier molecular flexibility index (Phi) is 5.97. The lowest BCUT2D eigenvalue weighted by Gasteiger charge is -2.20. The summed E-state index contributed by atoms with van der Waals surface area (Å²) in [5.74, 6) is 0.726. The van der Waals surface area contributed by atoms with Gasteiger partial charge in [0.2, 0.25) is 5.91 Å². The molecule has 0 bridgehead atoms. The van der Waals surface area contributed by atoms with Gasteiger partial charge in [-0.2, -0.15) is 0 Å². The summed E-state index contributed by atoms with van der Waals surface area (Å²) >= 11 is 7.75. The fourth-order valence-electron chi connectivity index (χ4n) is 3.15. The molecule has 0 aliphatic heterocycles. The van der Waals surface area contributed by atoms with Crippen molar-refractivity contribution in [1.29, 1.82) is 0 Å². The van der Waals surface area contributed by atoms with Crippen LogP contribution in [-0.2, 0) is 17.8 Å². The Bertz CT molecular complexity index is 1180. The molecule has 0 unspecified atom stereocenters. The minimum Gasteiger partial charge on any atom is -0.497 e. The Labute approximate surface area is 183 Å². The van der Waals surface area contributed by atoms with Crippen LogP contribution >= 0.6 is 22.9 Å². The van der Waals surface area contributed by atoms with Crippen LogP contribution in [0, 0.1) is 6.92 Å². The quantitative estimate of drug-likeness (QED) is 0.403. The Hall–Kier alpha value is -2.96. The second kappa shape index (κ2) is 8.81. The number of methoxy groups -OCH3 is 1. The first-order chi connectivity index (χ1) is 14.5. The smallest absolute Gasteiger partial charge is 0.233 e. The zero-order valence-corrected chi connectivity index (χ0v) is 18.2. The number of aromatic nitrogens is 2. The highest BCUT2D eigenvalue weighted by Crippen LogP contribution is 2.34. The van der Waals surface area contributed by atoms with Gasteiger partial charge in [-0.05, 0) is 53.9 Å². The molecule has 0 saturated heterocycles. The van der Waals surface area contributed by atoms with Gasteiger partial charge < -0.3 is 4.74 Å². The first-order valence-electron chi connectivity index (χ1n) is 9.43. The lowest BCUT2D eigenvalue weighted by atomic mass is 10.1. The second-order valence-corrected chi connectivity index (χ2v) is 8.30. The molecule has 2 heterocycles. The summed E-state index contributed by atoms with van der Waals surface area (Å²) in [6.45, 7) is 2.34. The van der Waals surface area contributed by atoms with Gasteiger partial charge in [-0.15, -0.1) is 0 Å². The van der Waals surface area contributed by atoms with Gasteiger partial charge in [0.05, 0.1) is 30.3 Å². The van der Waals surface area contributed by atoms with Crippen LogP contribution in [0.5, 0.6) is 5.75 Å². The third-order valence-electron chi connectivity index (χ3n) is 4.85. The first-order valence-corrected chi connectivity index (χ1v) is 10.6. The molecule has 0 N–H and O–H groups in total. The van der Waals surface area contributed by atoms with E-state index in [1.165, 1.54) is 11.3 Å². The maximum Gasteiger partial charge on any atom is 0.233 e. The normalized spacial score (nSPS) is 10.9. The van der Waals surface area contributed by atoms with Crippen LogP contribution in [0.3, 0.4) is 0 Å². The van der Waals surface area contributed by atoms with Gasteiger partial charge >= 0.3 is 0 Å². The number of thiazole rings is 1. The topological polar surface area (TPSA) is 55.3 Å². The number of hydrogen-bond donors (Lipinski definition) is 0. The number of amides is 1. The molecular weight excluding hydrogens is 418 g/mol. The maximum atomic E-state index is 13.3. The van der Waals surface area contributed by atoms with Crippen LogP contribution in [0.2, 0.25) is 5.02 Å². The number of carbonyl (C=O) groups excluding carboxylic acids is 1. The van der Waals surface area contributed by atoms with Gasteiger partial charge in [0.1, 0.15) is 5.75 Å². The van der Waals surface area contributed by atoms with Gasteiger partial charge in [0.25, 0.3) is 0 Å². The third kappa shape index (κ3) is 4.30. The average Bonchev–Trinajstić information content (AvgIpc) is 3.20. The SMILES string of the molecule is COc1ccc(CC(=O)N(Cc2cccnc2)c2nc3c(C)c(Cl)ccc3s2)cc1. The van der Waals surface area contributed by atoms with E-state index in [2.05, 4.69) is 4.98 Å². The van der Waals surface area contributed by atoms with Crippen molar-refractivity contribution in [3.05, 3.63) is 82.6 Å². The summed E-state index contributed by atoms with van der Waals surface area (Å²) in [7, 11) is 1.62. The van der Waals surface area contributed by atoms with Gasteiger partial charge in [-0.25, -0.2) is 4.98 Å². The fraction of sp³-hybridized carbons (Fsp3) is 0.174. The van der Waals surface area contributed by atoms with E-state index in [1.807, 2.05) is 55.5 Å². The predicted octanol–water partition coefficient (Wildman–Crippen LogP) is 5.44. The fourth-order valence-corrected chi connectivity index (χ4v) is 4.35. The summed E-state index contributed by atoms with van der Waals surface area (Å²) in [5.41, 5.74) is 3.60. The zero-order chi connectivity index (χ0) is 21.1. The molecule has 1 amide bonds. The van der Waals surface area contributed by atoms with E-state index in [-0.39, 0.29) is 12.3 Å². The number of aryl methyl sites for hydroxylation is 1. The highest BCUT2D eigenvalue weighted by molar-refractivity contribution is 7.22. The van der Waals surface area contributed by atoms with Crippen molar-refractivity contribution in [1.82, 2.24) is 9.97 Å². The maximum absolute atomic E-state index is 13.3. The number of nitrogens with zero attached hydrogens (tertiary/aromatic N) is 3. The molecule has 0 radical (unpaired) electrons. The summed E-state index contributed by atoms with van der Waals surface area (Å²) in [5, 5.41) is 1.32. The number of ether oxygens (including phenoxy) is 1.